The fourth-order valence-electron chi connectivity index (χ4n) is 6.87. The van der Waals surface area contributed by atoms with Crippen LogP contribution in [0.5, 0.6) is 0 Å². The molecule has 5 aliphatic rings. The fourth-order valence-corrected chi connectivity index (χ4v) is 7.19. The average molecular weight is 495 g/mol. The lowest BCUT2D eigenvalue weighted by molar-refractivity contribution is -0.122. The van der Waals surface area contributed by atoms with Crippen molar-refractivity contribution < 1.29 is 18.8 Å². The minimum Gasteiger partial charge on any atom is -0.450 e. The first kappa shape index (κ1) is 20.0. The zero-order valence-electron chi connectivity index (χ0n) is 17.5. The van der Waals surface area contributed by atoms with Gasteiger partial charge in [-0.05, 0) is 114 Å². The summed E-state index contributed by atoms with van der Waals surface area (Å²) < 4.78 is 5.88. The summed E-state index contributed by atoms with van der Waals surface area (Å²) in [6, 6.07) is 10.4. The Hall–Kier alpha value is -2.67. The van der Waals surface area contributed by atoms with Crippen molar-refractivity contribution >= 4 is 45.5 Å². The summed E-state index contributed by atoms with van der Waals surface area (Å²) in [7, 11) is 0. The molecule has 4 bridgehead atoms. The number of barbiturate groups is 1. The molecule has 1 aromatic heterocycles. The maximum Gasteiger partial charge on any atom is 0.335 e. The van der Waals surface area contributed by atoms with Crippen molar-refractivity contribution in [1.29, 1.82) is 0 Å². The number of imide groups is 2. The summed E-state index contributed by atoms with van der Waals surface area (Å²) in [6.07, 6.45) is 9.26. The van der Waals surface area contributed by atoms with E-state index in [1.165, 1.54) is 50.2 Å². The minimum absolute atomic E-state index is 0.142. The Morgan fingerprint density at radius 3 is 2.12 bits per heavy atom. The number of carbonyl (C=O) groups is 3. The number of benzene rings is 1. The number of urea groups is 1. The highest BCUT2D eigenvalue weighted by Crippen LogP contribution is 2.60. The first-order chi connectivity index (χ1) is 15.4. The number of hydrogen-bond acceptors (Lipinski definition) is 4. The van der Waals surface area contributed by atoms with Crippen LogP contribution >= 0.6 is 15.9 Å². The van der Waals surface area contributed by atoms with Gasteiger partial charge in [0.2, 0.25) is 0 Å². The van der Waals surface area contributed by atoms with Crippen LogP contribution in [-0.2, 0) is 15.0 Å². The normalized spacial score (nSPS) is 32.7. The van der Waals surface area contributed by atoms with Gasteiger partial charge in [-0.25, -0.2) is 9.69 Å². The van der Waals surface area contributed by atoms with Gasteiger partial charge in [-0.1, -0.05) is 12.1 Å². The molecule has 1 saturated heterocycles. The molecule has 1 N–H and O–H groups in total. The van der Waals surface area contributed by atoms with Crippen molar-refractivity contribution in [3.05, 3.63) is 58.0 Å². The van der Waals surface area contributed by atoms with Gasteiger partial charge in [0.1, 0.15) is 11.3 Å². The van der Waals surface area contributed by atoms with Gasteiger partial charge in [0.15, 0.2) is 4.67 Å². The van der Waals surface area contributed by atoms with Crippen LogP contribution in [0.15, 0.2) is 51.1 Å². The number of nitrogens with one attached hydrogen (secondary N) is 1. The maximum absolute atomic E-state index is 13.1. The molecule has 0 radical (unpaired) electrons. The third-order valence-electron chi connectivity index (χ3n) is 7.76. The Labute approximate surface area is 194 Å². The van der Waals surface area contributed by atoms with Crippen molar-refractivity contribution in [1.82, 2.24) is 5.32 Å². The van der Waals surface area contributed by atoms with Crippen molar-refractivity contribution in [2.75, 3.05) is 4.90 Å². The summed E-state index contributed by atoms with van der Waals surface area (Å²) in [4.78, 5) is 39.0. The average Bonchev–Trinajstić information content (AvgIpc) is 3.15. The van der Waals surface area contributed by atoms with E-state index in [1.807, 2.05) is 12.1 Å². The van der Waals surface area contributed by atoms with E-state index >= 15 is 0 Å². The molecule has 32 heavy (non-hydrogen) atoms. The largest absolute Gasteiger partial charge is 0.450 e. The Balaban J connectivity index is 1.30. The third-order valence-corrected chi connectivity index (χ3v) is 8.18. The van der Waals surface area contributed by atoms with E-state index in [2.05, 4.69) is 33.4 Å². The molecule has 0 spiro atoms. The highest BCUT2D eigenvalue weighted by atomic mass is 79.9. The lowest BCUT2D eigenvalue weighted by Gasteiger charge is -2.57. The quantitative estimate of drug-likeness (QED) is 0.471. The summed E-state index contributed by atoms with van der Waals surface area (Å²) in [5.41, 5.74) is 1.88. The second-order valence-corrected chi connectivity index (χ2v) is 10.6. The maximum atomic E-state index is 13.1. The third kappa shape index (κ3) is 3.17. The number of carbonyl (C=O) groups excluding carboxylic acids is 3. The van der Waals surface area contributed by atoms with Crippen LogP contribution in [0.3, 0.4) is 0 Å². The van der Waals surface area contributed by atoms with Gasteiger partial charge in [0.25, 0.3) is 11.8 Å². The number of nitrogens with zero attached hydrogens (tertiary/aromatic N) is 1. The summed E-state index contributed by atoms with van der Waals surface area (Å²) in [5, 5.41) is 2.26. The van der Waals surface area contributed by atoms with Crippen molar-refractivity contribution in [3.8, 4) is 0 Å². The predicted octanol–water partition coefficient (Wildman–Crippen LogP) is 5.18. The molecule has 2 aromatic rings. The van der Waals surface area contributed by atoms with Gasteiger partial charge < -0.3 is 4.42 Å². The standard InChI is InChI=1S/C25H23BrN2O4/c26-21-6-5-19(32-21)10-20-22(29)27-24(31)28(23(20)30)18-3-1-17(2-4-18)25-11-14-7-15(12-25)9-16(8-14)13-25/h1-6,10,14-16H,7-9,11-13H2,(H,27,29,31). The lowest BCUT2D eigenvalue weighted by atomic mass is 9.48. The topological polar surface area (TPSA) is 79.6 Å². The molecule has 4 aliphatic carbocycles. The molecule has 4 amide bonds. The van der Waals surface area contributed by atoms with E-state index in [4.69, 9.17) is 4.42 Å². The number of hydrogen-bond donors (Lipinski definition) is 1. The summed E-state index contributed by atoms with van der Waals surface area (Å²) >= 11 is 3.20. The van der Waals surface area contributed by atoms with Gasteiger partial charge in [0, 0.05) is 0 Å². The highest BCUT2D eigenvalue weighted by Gasteiger charge is 2.51. The Morgan fingerprint density at radius 1 is 0.938 bits per heavy atom. The van der Waals surface area contributed by atoms with Crippen LogP contribution < -0.4 is 10.2 Å². The smallest absolute Gasteiger partial charge is 0.335 e. The lowest BCUT2D eigenvalue weighted by Crippen LogP contribution is -2.54. The SMILES string of the molecule is O=C1NC(=O)N(c2ccc(C34CC5CC(CC(C5)C3)C4)cc2)C(=O)C1=Cc1ccc(Br)o1. The molecule has 5 fully saturated rings. The van der Waals surface area contributed by atoms with Crippen LogP contribution in [0.25, 0.3) is 6.08 Å². The van der Waals surface area contributed by atoms with Crippen molar-refractivity contribution in [3.63, 3.8) is 0 Å². The van der Waals surface area contributed by atoms with Gasteiger partial charge in [0.05, 0.1) is 5.69 Å². The highest BCUT2D eigenvalue weighted by molar-refractivity contribution is 9.10. The summed E-state index contributed by atoms with van der Waals surface area (Å²) in [5.74, 6) is 1.49. The number of halogens is 1. The van der Waals surface area contributed by atoms with Crippen LogP contribution in [-0.4, -0.2) is 17.8 Å². The second kappa shape index (κ2) is 7.17. The molecule has 0 unspecified atom stereocenters. The van der Waals surface area contributed by atoms with Crippen molar-refractivity contribution in [2.24, 2.45) is 17.8 Å². The van der Waals surface area contributed by atoms with Gasteiger partial charge in [-0.15, -0.1) is 0 Å². The zero-order valence-corrected chi connectivity index (χ0v) is 19.1. The summed E-state index contributed by atoms with van der Waals surface area (Å²) in [6.45, 7) is 0. The van der Waals surface area contributed by atoms with Crippen LogP contribution in [0, 0.1) is 17.8 Å². The Kier molecular flexibility index (Phi) is 4.47. The van der Waals surface area contributed by atoms with Crippen LogP contribution in [0.2, 0.25) is 0 Å². The molecule has 1 aliphatic heterocycles. The first-order valence-electron chi connectivity index (χ1n) is 11.2. The fraction of sp³-hybridized carbons (Fsp3) is 0.400. The molecular weight excluding hydrogens is 472 g/mol. The second-order valence-electron chi connectivity index (χ2n) is 9.84. The minimum atomic E-state index is -0.736. The number of rotatable bonds is 3. The molecule has 7 heteroatoms. The van der Waals surface area contributed by atoms with E-state index < -0.39 is 17.8 Å². The van der Waals surface area contributed by atoms with E-state index in [0.717, 1.165) is 22.7 Å². The molecule has 164 valence electrons. The van der Waals surface area contributed by atoms with Crippen molar-refractivity contribution in [2.45, 2.75) is 43.9 Å². The number of furan rings is 1. The Morgan fingerprint density at radius 2 is 1.56 bits per heavy atom. The molecule has 4 saturated carbocycles. The van der Waals surface area contributed by atoms with E-state index in [0.29, 0.717) is 16.1 Å². The molecule has 6 nitrogen and oxygen atoms in total. The molecule has 1 aromatic carbocycles. The van der Waals surface area contributed by atoms with E-state index in [1.54, 1.807) is 12.1 Å². The number of amides is 4. The molecule has 7 rings (SSSR count). The van der Waals surface area contributed by atoms with Gasteiger partial charge in [-0.2, -0.15) is 0 Å². The molecule has 2 heterocycles. The molecule has 0 atom stereocenters. The predicted molar refractivity (Wildman–Crippen MR) is 122 cm³/mol. The van der Waals surface area contributed by atoms with Gasteiger partial charge >= 0.3 is 6.03 Å². The van der Waals surface area contributed by atoms with Crippen LogP contribution in [0.4, 0.5) is 10.5 Å². The van der Waals surface area contributed by atoms with Gasteiger partial charge in [-0.3, -0.25) is 14.9 Å². The van der Waals surface area contributed by atoms with Crippen LogP contribution in [0.1, 0.15) is 49.8 Å². The number of anilines is 1. The van der Waals surface area contributed by atoms with E-state index in [-0.39, 0.29) is 11.0 Å². The zero-order chi connectivity index (χ0) is 22.0. The first-order valence-corrected chi connectivity index (χ1v) is 12.0. The monoisotopic (exact) mass is 494 g/mol. The molecular formula is C25H23BrN2O4. The van der Waals surface area contributed by atoms with E-state index in [9.17, 15) is 14.4 Å². The Bertz CT molecular complexity index is 1130.